The fourth-order valence-electron chi connectivity index (χ4n) is 1.16. The Morgan fingerprint density at radius 2 is 2.17 bits per heavy atom. The molecule has 0 bridgehead atoms. The first-order valence-corrected chi connectivity index (χ1v) is 3.76. The minimum absolute atomic E-state index is 0.533. The molecule has 62 valence electrons. The number of hydrogen-bond acceptors (Lipinski definition) is 3. The maximum atomic E-state index is 5.55. The Hall–Kier alpha value is -1.58. The molecular formula is C8H10N4. The molecule has 2 rings (SSSR count). The molecule has 2 heterocycles. The third-order valence-electron chi connectivity index (χ3n) is 1.97. The zero-order valence-corrected chi connectivity index (χ0v) is 7.07. The van der Waals surface area contributed by atoms with Crippen LogP contribution in [0.25, 0.3) is 5.65 Å². The lowest BCUT2D eigenvalue weighted by Gasteiger charge is -1.93. The molecule has 0 saturated carbocycles. The lowest BCUT2D eigenvalue weighted by molar-refractivity contribution is 0.919. The summed E-state index contributed by atoms with van der Waals surface area (Å²) in [5.41, 5.74) is 8.47. The largest absolute Gasteiger partial charge is 0.384 e. The predicted molar refractivity (Wildman–Crippen MR) is 46.9 cm³/mol. The Kier molecular flexibility index (Phi) is 1.30. The van der Waals surface area contributed by atoms with Crippen molar-refractivity contribution in [3.63, 3.8) is 0 Å². The smallest absolute Gasteiger partial charge is 0.160 e. The SMILES string of the molecule is Cc1nn2ccc(N)nc2c1C. The maximum Gasteiger partial charge on any atom is 0.160 e. The minimum Gasteiger partial charge on any atom is -0.384 e. The van der Waals surface area contributed by atoms with Crippen LogP contribution in [0.15, 0.2) is 12.3 Å². The number of nitrogens with zero attached hydrogens (tertiary/aromatic N) is 3. The second-order valence-electron chi connectivity index (χ2n) is 2.83. The molecule has 2 N–H and O–H groups in total. The van der Waals surface area contributed by atoms with Crippen LogP contribution in [0.2, 0.25) is 0 Å². The van der Waals surface area contributed by atoms with E-state index < -0.39 is 0 Å². The fraction of sp³-hybridized carbons (Fsp3) is 0.250. The Morgan fingerprint density at radius 1 is 1.42 bits per heavy atom. The fourth-order valence-corrected chi connectivity index (χ4v) is 1.16. The first-order chi connectivity index (χ1) is 5.68. The third kappa shape index (κ3) is 0.845. The number of rotatable bonds is 0. The highest BCUT2D eigenvalue weighted by Crippen LogP contribution is 2.11. The molecule has 2 aromatic rings. The van der Waals surface area contributed by atoms with Crippen molar-refractivity contribution in [1.82, 2.24) is 14.6 Å². The summed E-state index contributed by atoms with van der Waals surface area (Å²) < 4.78 is 1.74. The molecule has 0 atom stereocenters. The Balaban J connectivity index is 2.88. The Bertz CT molecular complexity index is 430. The minimum atomic E-state index is 0.533. The second-order valence-corrected chi connectivity index (χ2v) is 2.83. The summed E-state index contributed by atoms with van der Waals surface area (Å²) in [5.74, 6) is 0.533. The molecule has 4 heteroatoms. The topological polar surface area (TPSA) is 56.2 Å². The normalized spacial score (nSPS) is 10.8. The van der Waals surface area contributed by atoms with Crippen molar-refractivity contribution in [1.29, 1.82) is 0 Å². The summed E-state index contributed by atoms with van der Waals surface area (Å²) in [4.78, 5) is 4.17. The van der Waals surface area contributed by atoms with Crippen molar-refractivity contribution in [2.75, 3.05) is 5.73 Å². The van der Waals surface area contributed by atoms with E-state index >= 15 is 0 Å². The third-order valence-corrected chi connectivity index (χ3v) is 1.97. The average Bonchev–Trinajstić information content (AvgIpc) is 2.31. The first-order valence-electron chi connectivity index (χ1n) is 3.76. The standard InChI is InChI=1S/C8H10N4/c1-5-6(2)11-12-4-3-7(9)10-8(5)12/h3-4H,1-2H3,(H2,9,10). The lowest BCUT2D eigenvalue weighted by Crippen LogP contribution is -1.94. The zero-order chi connectivity index (χ0) is 8.72. The summed E-state index contributed by atoms with van der Waals surface area (Å²) in [6.45, 7) is 3.95. The van der Waals surface area contributed by atoms with Crippen molar-refractivity contribution in [3.8, 4) is 0 Å². The van der Waals surface area contributed by atoms with E-state index in [9.17, 15) is 0 Å². The number of anilines is 1. The van der Waals surface area contributed by atoms with Crippen molar-refractivity contribution >= 4 is 11.5 Å². The van der Waals surface area contributed by atoms with E-state index in [1.165, 1.54) is 0 Å². The molecule has 0 radical (unpaired) electrons. The lowest BCUT2D eigenvalue weighted by atomic mass is 10.3. The molecule has 0 aliphatic rings. The van der Waals surface area contributed by atoms with Crippen molar-refractivity contribution in [2.24, 2.45) is 0 Å². The van der Waals surface area contributed by atoms with E-state index in [0.717, 1.165) is 16.9 Å². The van der Waals surface area contributed by atoms with Crippen LogP contribution in [-0.2, 0) is 0 Å². The van der Waals surface area contributed by atoms with Gasteiger partial charge < -0.3 is 5.73 Å². The van der Waals surface area contributed by atoms with Gasteiger partial charge in [-0.25, -0.2) is 9.50 Å². The van der Waals surface area contributed by atoms with E-state index in [-0.39, 0.29) is 0 Å². The summed E-state index contributed by atoms with van der Waals surface area (Å²) in [7, 11) is 0. The molecule has 0 amide bonds. The van der Waals surface area contributed by atoms with E-state index in [1.807, 2.05) is 20.0 Å². The van der Waals surface area contributed by atoms with E-state index in [0.29, 0.717) is 5.82 Å². The number of nitrogens with two attached hydrogens (primary N) is 1. The monoisotopic (exact) mass is 162 g/mol. The van der Waals surface area contributed by atoms with Gasteiger partial charge in [0.05, 0.1) is 5.69 Å². The summed E-state index contributed by atoms with van der Waals surface area (Å²) >= 11 is 0. The maximum absolute atomic E-state index is 5.55. The number of fused-ring (bicyclic) bond motifs is 1. The van der Waals surface area contributed by atoms with Crippen LogP contribution in [0.5, 0.6) is 0 Å². The molecule has 0 spiro atoms. The van der Waals surface area contributed by atoms with E-state index in [2.05, 4.69) is 10.1 Å². The average molecular weight is 162 g/mol. The van der Waals surface area contributed by atoms with Gasteiger partial charge in [0.25, 0.3) is 0 Å². The molecule has 0 unspecified atom stereocenters. The molecular weight excluding hydrogens is 152 g/mol. The van der Waals surface area contributed by atoms with Crippen LogP contribution in [0.4, 0.5) is 5.82 Å². The molecule has 0 aliphatic carbocycles. The number of nitrogen functional groups attached to an aromatic ring is 1. The van der Waals surface area contributed by atoms with Gasteiger partial charge in [0.15, 0.2) is 5.65 Å². The first kappa shape index (κ1) is 7.09. The number of hydrogen-bond donors (Lipinski definition) is 1. The van der Waals surface area contributed by atoms with Gasteiger partial charge in [0.1, 0.15) is 5.82 Å². The molecule has 0 saturated heterocycles. The van der Waals surface area contributed by atoms with Gasteiger partial charge in [0.2, 0.25) is 0 Å². The molecule has 0 fully saturated rings. The molecule has 0 aliphatic heterocycles. The quantitative estimate of drug-likeness (QED) is 0.627. The van der Waals surface area contributed by atoms with Crippen LogP contribution in [0, 0.1) is 13.8 Å². The molecule has 12 heavy (non-hydrogen) atoms. The molecule has 2 aromatic heterocycles. The van der Waals surface area contributed by atoms with E-state index in [1.54, 1.807) is 10.6 Å². The van der Waals surface area contributed by atoms with Crippen LogP contribution < -0.4 is 5.73 Å². The van der Waals surface area contributed by atoms with Crippen molar-refractivity contribution in [3.05, 3.63) is 23.5 Å². The van der Waals surface area contributed by atoms with Crippen LogP contribution in [0.3, 0.4) is 0 Å². The van der Waals surface area contributed by atoms with Gasteiger partial charge in [-0.1, -0.05) is 0 Å². The predicted octanol–water partition coefficient (Wildman–Crippen LogP) is 0.928. The van der Waals surface area contributed by atoms with Gasteiger partial charge in [-0.15, -0.1) is 0 Å². The van der Waals surface area contributed by atoms with Crippen LogP contribution in [-0.4, -0.2) is 14.6 Å². The van der Waals surface area contributed by atoms with Gasteiger partial charge in [-0.2, -0.15) is 5.10 Å². The number of aromatic nitrogens is 3. The van der Waals surface area contributed by atoms with Gasteiger partial charge in [0, 0.05) is 11.8 Å². The molecule has 4 nitrogen and oxygen atoms in total. The van der Waals surface area contributed by atoms with Crippen LogP contribution >= 0.6 is 0 Å². The van der Waals surface area contributed by atoms with Crippen molar-refractivity contribution in [2.45, 2.75) is 13.8 Å². The highest BCUT2D eigenvalue weighted by Gasteiger charge is 2.04. The summed E-state index contributed by atoms with van der Waals surface area (Å²) in [6, 6.07) is 1.74. The summed E-state index contributed by atoms with van der Waals surface area (Å²) in [6.07, 6.45) is 1.82. The van der Waals surface area contributed by atoms with Gasteiger partial charge in [-0.05, 0) is 19.9 Å². The zero-order valence-electron chi connectivity index (χ0n) is 7.07. The Morgan fingerprint density at radius 3 is 2.92 bits per heavy atom. The van der Waals surface area contributed by atoms with Gasteiger partial charge in [-0.3, -0.25) is 0 Å². The highest BCUT2D eigenvalue weighted by molar-refractivity contribution is 5.51. The summed E-state index contributed by atoms with van der Waals surface area (Å²) in [5, 5.41) is 4.25. The highest BCUT2D eigenvalue weighted by atomic mass is 15.3. The second kappa shape index (κ2) is 2.20. The Labute approximate surface area is 70.0 Å². The number of aryl methyl sites for hydroxylation is 2. The van der Waals surface area contributed by atoms with E-state index in [4.69, 9.17) is 5.73 Å². The van der Waals surface area contributed by atoms with Gasteiger partial charge >= 0.3 is 0 Å². The molecule has 0 aromatic carbocycles. The van der Waals surface area contributed by atoms with Crippen molar-refractivity contribution < 1.29 is 0 Å². The van der Waals surface area contributed by atoms with Crippen LogP contribution in [0.1, 0.15) is 11.3 Å².